The van der Waals surface area contributed by atoms with E-state index in [1.807, 2.05) is 11.3 Å². The summed E-state index contributed by atoms with van der Waals surface area (Å²) in [6.45, 7) is 0. The molecule has 0 aliphatic carbocycles. The van der Waals surface area contributed by atoms with Crippen molar-refractivity contribution in [2.45, 2.75) is 0 Å². The van der Waals surface area contributed by atoms with E-state index in [1.54, 1.807) is 0 Å². The molecule has 0 amide bonds. The Morgan fingerprint density at radius 3 is 1.52 bits per heavy atom. The highest BCUT2D eigenvalue weighted by atomic mass is 32.1. The first-order chi connectivity index (χ1) is 29.8. The van der Waals surface area contributed by atoms with Gasteiger partial charge in [0.2, 0.25) is 0 Å². The largest absolute Gasteiger partial charge is 0.456 e. The minimum atomic E-state index is 0.919. The predicted molar refractivity (Wildman–Crippen MR) is 258 cm³/mol. The smallest absolute Gasteiger partial charge is 0.136 e. The second-order valence-corrected chi connectivity index (χ2v) is 17.0. The molecule has 1 nitrogen and oxygen atoms in total. The van der Waals surface area contributed by atoms with Crippen LogP contribution in [-0.4, -0.2) is 0 Å². The zero-order valence-electron chi connectivity index (χ0n) is 32.4. The minimum Gasteiger partial charge on any atom is -0.456 e. The van der Waals surface area contributed by atoms with Crippen LogP contribution in [-0.2, 0) is 0 Å². The van der Waals surface area contributed by atoms with E-state index < -0.39 is 0 Å². The fraction of sp³-hybridized carbons (Fsp3) is 0. The third kappa shape index (κ3) is 4.92. The highest BCUT2D eigenvalue weighted by Gasteiger charge is 2.20. The van der Waals surface area contributed by atoms with E-state index in [0.717, 1.165) is 22.1 Å². The Balaban J connectivity index is 0.973. The molecule has 0 N–H and O–H groups in total. The third-order valence-corrected chi connectivity index (χ3v) is 13.8. The molecule has 13 aromatic rings. The topological polar surface area (TPSA) is 13.1 Å². The summed E-state index contributed by atoms with van der Waals surface area (Å²) in [6, 6.07) is 75.6. The van der Waals surface area contributed by atoms with Crippen molar-refractivity contribution >= 4 is 96.5 Å². The second kappa shape index (κ2) is 13.0. The number of rotatable bonds is 4. The molecule has 2 heteroatoms. The Kier molecular flexibility index (Phi) is 7.24. The van der Waals surface area contributed by atoms with Gasteiger partial charge in [0.05, 0.1) is 0 Å². The molecule has 0 unspecified atom stereocenters. The molecule has 0 atom stereocenters. The lowest BCUT2D eigenvalue weighted by Crippen LogP contribution is -1.92. The summed E-state index contributed by atoms with van der Waals surface area (Å²) in [7, 11) is 0. The molecule has 0 radical (unpaired) electrons. The molecule has 60 heavy (non-hydrogen) atoms. The van der Waals surface area contributed by atoms with Crippen LogP contribution in [0.4, 0.5) is 0 Å². The van der Waals surface area contributed by atoms with Crippen LogP contribution in [0.1, 0.15) is 0 Å². The highest BCUT2D eigenvalue weighted by molar-refractivity contribution is 7.26. The molecule has 2 aromatic heterocycles. The molecule has 0 spiro atoms. The number of hydrogen-bond donors (Lipinski definition) is 0. The maximum atomic E-state index is 6.51. The van der Waals surface area contributed by atoms with E-state index >= 15 is 0 Å². The first-order valence-electron chi connectivity index (χ1n) is 20.6. The summed E-state index contributed by atoms with van der Waals surface area (Å²) in [5.41, 5.74) is 11.7. The van der Waals surface area contributed by atoms with Gasteiger partial charge in [-0.25, -0.2) is 0 Å². The Labute approximate surface area is 350 Å². The highest BCUT2D eigenvalue weighted by Crippen LogP contribution is 2.48. The van der Waals surface area contributed by atoms with Gasteiger partial charge in [-0.05, 0) is 124 Å². The fourth-order valence-corrected chi connectivity index (χ4v) is 11.2. The lowest BCUT2D eigenvalue weighted by molar-refractivity contribution is 0.669. The Bertz CT molecular complexity index is 3810. The van der Waals surface area contributed by atoms with Crippen molar-refractivity contribution in [1.29, 1.82) is 0 Å². The van der Waals surface area contributed by atoms with Gasteiger partial charge in [-0.3, -0.25) is 0 Å². The van der Waals surface area contributed by atoms with Crippen LogP contribution in [0.2, 0.25) is 0 Å². The van der Waals surface area contributed by atoms with Gasteiger partial charge in [0, 0.05) is 30.9 Å². The Morgan fingerprint density at radius 1 is 0.267 bits per heavy atom. The minimum absolute atomic E-state index is 0.919. The summed E-state index contributed by atoms with van der Waals surface area (Å²) in [5, 5.41) is 15.0. The van der Waals surface area contributed by atoms with E-state index in [0.29, 0.717) is 0 Å². The quantitative estimate of drug-likeness (QED) is 0.162. The number of thiophene rings is 1. The number of benzene rings is 11. The van der Waals surface area contributed by atoms with E-state index in [1.165, 1.54) is 108 Å². The summed E-state index contributed by atoms with van der Waals surface area (Å²) >= 11 is 1.88. The molecule has 0 saturated heterocycles. The van der Waals surface area contributed by atoms with Crippen molar-refractivity contribution in [2.75, 3.05) is 0 Å². The molecule has 0 aliphatic rings. The van der Waals surface area contributed by atoms with Gasteiger partial charge < -0.3 is 4.42 Å². The molecular formula is C58H34OS. The van der Waals surface area contributed by atoms with E-state index in [-0.39, 0.29) is 0 Å². The SMILES string of the molecule is c1ccc(-c2ccc3c(c2)oc2ccc4c(ccc5sc6cc(-c7ccc(-c8c9ccccc9c(-c9ccccc9)c9ccccc89)c8ccccc78)ccc6c54)c23)cc1. The van der Waals surface area contributed by atoms with E-state index in [2.05, 4.69) is 206 Å². The zero-order valence-corrected chi connectivity index (χ0v) is 33.3. The van der Waals surface area contributed by atoms with Gasteiger partial charge in [0.1, 0.15) is 11.2 Å². The second-order valence-electron chi connectivity index (χ2n) is 15.9. The monoisotopic (exact) mass is 778 g/mol. The molecule has 0 saturated carbocycles. The van der Waals surface area contributed by atoms with Crippen molar-refractivity contribution in [3.8, 4) is 44.5 Å². The number of fused-ring (bicyclic) bond motifs is 12. The van der Waals surface area contributed by atoms with Gasteiger partial charge in [0.15, 0.2) is 0 Å². The van der Waals surface area contributed by atoms with Crippen molar-refractivity contribution in [1.82, 2.24) is 0 Å². The maximum Gasteiger partial charge on any atom is 0.136 e. The average Bonchev–Trinajstić information content (AvgIpc) is 3.89. The first kappa shape index (κ1) is 33.5. The van der Waals surface area contributed by atoms with E-state index in [9.17, 15) is 0 Å². The van der Waals surface area contributed by atoms with Gasteiger partial charge in [0.25, 0.3) is 0 Å². The van der Waals surface area contributed by atoms with Crippen LogP contribution in [0, 0.1) is 0 Å². The van der Waals surface area contributed by atoms with Crippen LogP contribution in [0.5, 0.6) is 0 Å². The van der Waals surface area contributed by atoms with Crippen LogP contribution < -0.4 is 0 Å². The molecule has 13 rings (SSSR count). The third-order valence-electron chi connectivity index (χ3n) is 12.7. The zero-order chi connectivity index (χ0) is 39.3. The fourth-order valence-electron chi connectivity index (χ4n) is 10.0. The summed E-state index contributed by atoms with van der Waals surface area (Å²) in [6.07, 6.45) is 0. The van der Waals surface area contributed by atoms with E-state index in [4.69, 9.17) is 4.42 Å². The molecule has 0 aliphatic heterocycles. The number of hydrogen-bond acceptors (Lipinski definition) is 2. The molecule has 0 fully saturated rings. The lowest BCUT2D eigenvalue weighted by Gasteiger charge is -2.19. The van der Waals surface area contributed by atoms with Crippen LogP contribution in [0.15, 0.2) is 211 Å². The molecule has 0 bridgehead atoms. The lowest BCUT2D eigenvalue weighted by atomic mass is 9.84. The average molecular weight is 779 g/mol. The van der Waals surface area contributed by atoms with Crippen LogP contribution in [0.25, 0.3) is 130 Å². The predicted octanol–water partition coefficient (Wildman–Crippen LogP) is 17.2. The van der Waals surface area contributed by atoms with Crippen molar-refractivity contribution in [3.63, 3.8) is 0 Å². The maximum absolute atomic E-state index is 6.51. The van der Waals surface area contributed by atoms with Crippen molar-refractivity contribution in [2.24, 2.45) is 0 Å². The van der Waals surface area contributed by atoms with Gasteiger partial charge in [-0.1, -0.05) is 170 Å². The summed E-state index contributed by atoms with van der Waals surface area (Å²) in [4.78, 5) is 0. The van der Waals surface area contributed by atoms with Crippen LogP contribution >= 0.6 is 11.3 Å². The Morgan fingerprint density at radius 2 is 0.800 bits per heavy atom. The molecule has 11 aromatic carbocycles. The van der Waals surface area contributed by atoms with Gasteiger partial charge in [-0.2, -0.15) is 0 Å². The molecule has 2 heterocycles. The summed E-state index contributed by atoms with van der Waals surface area (Å²) in [5.74, 6) is 0. The number of furan rings is 1. The van der Waals surface area contributed by atoms with Crippen LogP contribution in [0.3, 0.4) is 0 Å². The van der Waals surface area contributed by atoms with Gasteiger partial charge in [-0.15, -0.1) is 11.3 Å². The normalized spacial score (nSPS) is 12.0. The van der Waals surface area contributed by atoms with Crippen molar-refractivity contribution < 1.29 is 4.42 Å². The first-order valence-corrected chi connectivity index (χ1v) is 21.4. The summed E-state index contributed by atoms with van der Waals surface area (Å²) < 4.78 is 9.10. The van der Waals surface area contributed by atoms with Crippen molar-refractivity contribution in [3.05, 3.63) is 206 Å². The van der Waals surface area contributed by atoms with Gasteiger partial charge >= 0.3 is 0 Å². The molecule has 278 valence electrons. The Hall–Kier alpha value is -7.52. The standard InChI is InChI=1S/C58H34OS/c1-3-13-35(14-4-1)37-23-25-49-52(33-37)59-51-31-29-48-47(57(49)51)30-32-53-58(48)50-26-24-38(34-54(50)60-53)39-27-28-46(41-18-8-7-17-40(39)41)56-44-21-11-9-19-42(44)55(36-15-5-2-6-16-36)43-20-10-12-22-45(43)56/h1-34H. The molecular weight excluding hydrogens is 745 g/mol.